The number of aryl methyl sites for hydroxylation is 1. The Kier molecular flexibility index (Phi) is 3.39. The predicted molar refractivity (Wildman–Crippen MR) is 62.8 cm³/mol. The Balaban J connectivity index is 2.08. The molecule has 2 aromatic heterocycles. The van der Waals surface area contributed by atoms with Crippen molar-refractivity contribution in [1.29, 1.82) is 0 Å². The van der Waals surface area contributed by atoms with Crippen molar-refractivity contribution >= 4 is 0 Å². The molecule has 0 saturated heterocycles. The third-order valence-corrected chi connectivity index (χ3v) is 2.40. The Labute approximate surface area is 99.7 Å². The third kappa shape index (κ3) is 2.82. The molecule has 0 saturated carbocycles. The molecule has 0 aliphatic rings. The lowest BCUT2D eigenvalue weighted by atomic mass is 10.2. The molecule has 5 nitrogen and oxygen atoms in total. The maximum absolute atomic E-state index is 9.35. The van der Waals surface area contributed by atoms with Crippen LogP contribution in [-0.4, -0.2) is 19.9 Å². The van der Waals surface area contributed by atoms with Crippen LogP contribution in [0.1, 0.15) is 25.5 Å². The fourth-order valence-corrected chi connectivity index (χ4v) is 1.39. The van der Waals surface area contributed by atoms with E-state index in [1.54, 1.807) is 36.1 Å². The number of hydrogen-bond donors (Lipinski definition) is 1. The van der Waals surface area contributed by atoms with Crippen molar-refractivity contribution < 1.29 is 9.84 Å². The van der Waals surface area contributed by atoms with Gasteiger partial charge in [0.2, 0.25) is 5.88 Å². The van der Waals surface area contributed by atoms with Gasteiger partial charge in [0.05, 0.1) is 18.5 Å². The first-order valence-electron chi connectivity index (χ1n) is 5.53. The van der Waals surface area contributed by atoms with Crippen molar-refractivity contribution in [3.05, 3.63) is 36.3 Å². The lowest BCUT2D eigenvalue weighted by Crippen LogP contribution is -1.94. The number of aliphatic hydroxyl groups excluding tert-OH is 1. The first-order valence-corrected chi connectivity index (χ1v) is 5.53. The summed E-state index contributed by atoms with van der Waals surface area (Å²) in [5.74, 6) is 1.15. The van der Waals surface area contributed by atoms with Crippen molar-refractivity contribution in [2.24, 2.45) is 0 Å². The Morgan fingerprint density at radius 3 is 2.76 bits per heavy atom. The highest BCUT2D eigenvalue weighted by atomic mass is 16.5. The van der Waals surface area contributed by atoms with Gasteiger partial charge in [-0.05, 0) is 25.5 Å². The van der Waals surface area contributed by atoms with Crippen molar-refractivity contribution in [1.82, 2.24) is 14.8 Å². The second-order valence-electron chi connectivity index (χ2n) is 3.74. The molecule has 1 atom stereocenters. The van der Waals surface area contributed by atoms with E-state index >= 15 is 0 Å². The molecule has 0 fully saturated rings. The van der Waals surface area contributed by atoms with Gasteiger partial charge in [-0.2, -0.15) is 5.10 Å². The van der Waals surface area contributed by atoms with E-state index in [1.165, 1.54) is 0 Å². The van der Waals surface area contributed by atoms with E-state index in [1.807, 2.05) is 13.1 Å². The summed E-state index contributed by atoms with van der Waals surface area (Å²) in [6, 6.07) is 3.52. The van der Waals surface area contributed by atoms with Crippen molar-refractivity contribution in [3.63, 3.8) is 0 Å². The van der Waals surface area contributed by atoms with E-state index in [4.69, 9.17) is 4.74 Å². The average Bonchev–Trinajstić information content (AvgIpc) is 2.77. The predicted octanol–water partition coefficient (Wildman–Crippen LogP) is 2.14. The van der Waals surface area contributed by atoms with Gasteiger partial charge in [0, 0.05) is 18.8 Å². The van der Waals surface area contributed by atoms with E-state index in [-0.39, 0.29) is 0 Å². The number of aliphatic hydroxyl groups is 1. The highest BCUT2D eigenvalue weighted by molar-refractivity contribution is 5.24. The molecular formula is C12H15N3O2. The Morgan fingerprint density at radius 1 is 1.41 bits per heavy atom. The third-order valence-electron chi connectivity index (χ3n) is 2.40. The summed E-state index contributed by atoms with van der Waals surface area (Å²) in [7, 11) is 0. The minimum absolute atomic E-state index is 0.491. The van der Waals surface area contributed by atoms with Crippen molar-refractivity contribution in [2.45, 2.75) is 26.5 Å². The van der Waals surface area contributed by atoms with Crippen LogP contribution >= 0.6 is 0 Å². The molecule has 2 rings (SSSR count). The van der Waals surface area contributed by atoms with Gasteiger partial charge in [-0.1, -0.05) is 0 Å². The molecule has 0 amide bonds. The molecule has 2 aromatic rings. The van der Waals surface area contributed by atoms with Gasteiger partial charge in [0.25, 0.3) is 0 Å². The maximum Gasteiger partial charge on any atom is 0.219 e. The fourth-order valence-electron chi connectivity index (χ4n) is 1.39. The molecule has 2 heterocycles. The topological polar surface area (TPSA) is 60.2 Å². The molecule has 0 aromatic carbocycles. The first kappa shape index (κ1) is 11.6. The monoisotopic (exact) mass is 233 g/mol. The summed E-state index contributed by atoms with van der Waals surface area (Å²) in [5, 5.41) is 13.4. The van der Waals surface area contributed by atoms with Crippen LogP contribution < -0.4 is 4.74 Å². The van der Waals surface area contributed by atoms with Crippen molar-refractivity contribution in [2.75, 3.05) is 0 Å². The molecule has 5 heteroatoms. The highest BCUT2D eigenvalue weighted by Gasteiger charge is 2.04. The van der Waals surface area contributed by atoms with Gasteiger partial charge < -0.3 is 9.84 Å². The maximum atomic E-state index is 9.35. The molecule has 0 aliphatic heterocycles. The quantitative estimate of drug-likeness (QED) is 0.878. The highest BCUT2D eigenvalue weighted by Crippen LogP contribution is 2.20. The average molecular weight is 233 g/mol. The molecule has 1 unspecified atom stereocenters. The Bertz CT molecular complexity index is 477. The van der Waals surface area contributed by atoms with Gasteiger partial charge in [0.1, 0.15) is 0 Å². The number of aromatic nitrogens is 3. The van der Waals surface area contributed by atoms with Crippen LogP contribution in [-0.2, 0) is 6.54 Å². The molecular weight excluding hydrogens is 218 g/mol. The second kappa shape index (κ2) is 4.97. The van der Waals surface area contributed by atoms with E-state index in [2.05, 4.69) is 10.1 Å². The molecule has 17 heavy (non-hydrogen) atoms. The van der Waals surface area contributed by atoms with E-state index in [9.17, 15) is 5.11 Å². The number of hydrogen-bond acceptors (Lipinski definition) is 4. The largest absolute Gasteiger partial charge is 0.436 e. The van der Waals surface area contributed by atoms with Crippen LogP contribution in [0.15, 0.2) is 30.7 Å². The van der Waals surface area contributed by atoms with Crippen LogP contribution in [0.25, 0.3) is 0 Å². The zero-order valence-electron chi connectivity index (χ0n) is 9.87. The number of nitrogens with zero attached hydrogens (tertiary/aromatic N) is 3. The van der Waals surface area contributed by atoms with E-state index in [0.717, 1.165) is 12.1 Å². The second-order valence-corrected chi connectivity index (χ2v) is 3.74. The van der Waals surface area contributed by atoms with Gasteiger partial charge >= 0.3 is 0 Å². The van der Waals surface area contributed by atoms with Crippen LogP contribution in [0.4, 0.5) is 0 Å². The van der Waals surface area contributed by atoms with Crippen LogP contribution in [0.5, 0.6) is 11.6 Å². The van der Waals surface area contributed by atoms with Gasteiger partial charge in [-0.25, -0.2) is 4.98 Å². The minimum atomic E-state index is -0.514. The molecule has 90 valence electrons. The lowest BCUT2D eigenvalue weighted by molar-refractivity contribution is 0.198. The number of pyridine rings is 1. The van der Waals surface area contributed by atoms with Gasteiger partial charge in [-0.15, -0.1) is 0 Å². The van der Waals surface area contributed by atoms with Crippen LogP contribution in [0.2, 0.25) is 0 Å². The zero-order chi connectivity index (χ0) is 12.3. The number of ether oxygens (including phenoxy) is 1. The zero-order valence-corrected chi connectivity index (χ0v) is 9.87. The molecule has 0 bridgehead atoms. The summed E-state index contributed by atoms with van der Waals surface area (Å²) >= 11 is 0. The summed E-state index contributed by atoms with van der Waals surface area (Å²) in [4.78, 5) is 4.11. The van der Waals surface area contributed by atoms with Crippen LogP contribution in [0, 0.1) is 0 Å². The number of rotatable bonds is 4. The van der Waals surface area contributed by atoms with E-state index < -0.39 is 6.10 Å². The molecule has 0 spiro atoms. The van der Waals surface area contributed by atoms with Crippen molar-refractivity contribution in [3.8, 4) is 11.6 Å². The van der Waals surface area contributed by atoms with Crippen LogP contribution in [0.3, 0.4) is 0 Å². The molecule has 0 radical (unpaired) electrons. The van der Waals surface area contributed by atoms with Gasteiger partial charge in [0.15, 0.2) is 5.75 Å². The fraction of sp³-hybridized carbons (Fsp3) is 0.333. The molecule has 0 aliphatic carbocycles. The van der Waals surface area contributed by atoms with Gasteiger partial charge in [-0.3, -0.25) is 4.68 Å². The summed E-state index contributed by atoms with van der Waals surface area (Å²) < 4.78 is 7.30. The Morgan fingerprint density at radius 2 is 2.24 bits per heavy atom. The smallest absolute Gasteiger partial charge is 0.219 e. The summed E-state index contributed by atoms with van der Waals surface area (Å²) in [6.07, 6.45) is 4.54. The van der Waals surface area contributed by atoms with E-state index in [0.29, 0.717) is 11.6 Å². The summed E-state index contributed by atoms with van der Waals surface area (Å²) in [6.45, 7) is 4.51. The minimum Gasteiger partial charge on any atom is -0.436 e. The lowest BCUT2D eigenvalue weighted by Gasteiger charge is -2.05. The standard InChI is InChI=1S/C12H15N3O2/c1-3-15-8-11(7-14-15)17-12-5-4-10(6-13-12)9(2)16/h4-9,16H,3H2,1-2H3. The SMILES string of the molecule is CCn1cc(Oc2ccc(C(C)O)cn2)cn1. The Hall–Kier alpha value is -1.88. The summed E-state index contributed by atoms with van der Waals surface area (Å²) in [5.41, 5.74) is 0.765. The molecule has 1 N–H and O–H groups in total. The first-order chi connectivity index (χ1) is 8.19. The normalized spacial score (nSPS) is 12.4.